The number of hydrogen-bond acceptors (Lipinski definition) is 4. The molecule has 1 aliphatic carbocycles. The van der Waals surface area contributed by atoms with Gasteiger partial charge in [0.2, 0.25) is 11.8 Å². The van der Waals surface area contributed by atoms with E-state index in [9.17, 15) is 9.59 Å². The van der Waals surface area contributed by atoms with Crippen LogP contribution in [0.2, 0.25) is 5.02 Å². The van der Waals surface area contributed by atoms with Crippen molar-refractivity contribution in [1.29, 1.82) is 0 Å². The van der Waals surface area contributed by atoms with Crippen molar-refractivity contribution in [3.8, 4) is 0 Å². The van der Waals surface area contributed by atoms with Gasteiger partial charge in [-0.3, -0.25) is 14.5 Å². The Morgan fingerprint density at radius 1 is 1.19 bits per heavy atom. The van der Waals surface area contributed by atoms with Gasteiger partial charge >= 0.3 is 0 Å². The van der Waals surface area contributed by atoms with Crippen LogP contribution in [-0.4, -0.2) is 56.1 Å². The molecule has 7 heteroatoms. The van der Waals surface area contributed by atoms with Gasteiger partial charge in [0, 0.05) is 26.2 Å². The highest BCUT2D eigenvalue weighted by Crippen LogP contribution is 2.40. The van der Waals surface area contributed by atoms with Gasteiger partial charge in [-0.1, -0.05) is 17.7 Å². The highest BCUT2D eigenvalue weighted by molar-refractivity contribution is 6.34. The van der Waals surface area contributed by atoms with Crippen molar-refractivity contribution >= 4 is 29.1 Å². The van der Waals surface area contributed by atoms with Gasteiger partial charge in [-0.25, -0.2) is 0 Å². The molecule has 0 aromatic heterocycles. The van der Waals surface area contributed by atoms with E-state index < -0.39 is 0 Å². The summed E-state index contributed by atoms with van der Waals surface area (Å²) in [4.78, 5) is 26.9. The van der Waals surface area contributed by atoms with E-state index >= 15 is 0 Å². The molecule has 2 fully saturated rings. The number of nitrogens with zero attached hydrogens (tertiary/aromatic N) is 1. The number of amides is 2. The minimum absolute atomic E-state index is 0.0369. The van der Waals surface area contributed by atoms with E-state index in [1.54, 1.807) is 0 Å². The van der Waals surface area contributed by atoms with Crippen LogP contribution in [0.5, 0.6) is 0 Å². The SMILES string of the molecule is Cc1cc(C)c(NC(=O)C2CC2C(=O)NCCN2CCOCC2)c(Cl)c1. The maximum atomic E-state index is 12.4. The summed E-state index contributed by atoms with van der Waals surface area (Å²) in [6.45, 7) is 8.60. The monoisotopic (exact) mass is 379 g/mol. The Morgan fingerprint density at radius 3 is 2.58 bits per heavy atom. The molecule has 0 radical (unpaired) electrons. The number of carbonyl (C=O) groups excluding carboxylic acids is 2. The molecule has 2 atom stereocenters. The molecule has 2 unspecified atom stereocenters. The molecular formula is C19H26ClN3O3. The number of halogens is 1. The van der Waals surface area contributed by atoms with Gasteiger partial charge in [0.25, 0.3) is 0 Å². The van der Waals surface area contributed by atoms with Crippen LogP contribution in [0, 0.1) is 25.7 Å². The Kier molecular flexibility index (Phi) is 6.16. The Hall–Kier alpha value is -1.63. The van der Waals surface area contributed by atoms with Gasteiger partial charge in [0.1, 0.15) is 0 Å². The third kappa shape index (κ3) is 4.75. The Morgan fingerprint density at radius 2 is 1.88 bits per heavy atom. The average molecular weight is 380 g/mol. The molecule has 2 aliphatic rings. The fourth-order valence-electron chi connectivity index (χ4n) is 3.36. The van der Waals surface area contributed by atoms with Crippen LogP contribution in [0.25, 0.3) is 0 Å². The van der Waals surface area contributed by atoms with E-state index in [1.165, 1.54) is 0 Å². The Balaban J connectivity index is 1.44. The average Bonchev–Trinajstić information content (AvgIpc) is 3.40. The molecule has 1 aliphatic heterocycles. The van der Waals surface area contributed by atoms with E-state index in [4.69, 9.17) is 16.3 Å². The number of aryl methyl sites for hydroxylation is 2. The molecule has 0 bridgehead atoms. The highest BCUT2D eigenvalue weighted by atomic mass is 35.5. The molecule has 1 saturated heterocycles. The van der Waals surface area contributed by atoms with E-state index in [1.807, 2.05) is 26.0 Å². The smallest absolute Gasteiger partial charge is 0.228 e. The zero-order valence-electron chi connectivity index (χ0n) is 15.3. The van der Waals surface area contributed by atoms with Crippen molar-refractivity contribution in [2.24, 2.45) is 11.8 Å². The van der Waals surface area contributed by atoms with Crippen molar-refractivity contribution in [3.63, 3.8) is 0 Å². The van der Waals surface area contributed by atoms with Gasteiger partial charge in [-0.15, -0.1) is 0 Å². The van der Waals surface area contributed by atoms with Crippen LogP contribution >= 0.6 is 11.6 Å². The predicted octanol–water partition coefficient (Wildman–Crippen LogP) is 1.98. The lowest BCUT2D eigenvalue weighted by molar-refractivity contribution is -0.125. The van der Waals surface area contributed by atoms with E-state index in [2.05, 4.69) is 15.5 Å². The first-order valence-electron chi connectivity index (χ1n) is 9.11. The number of anilines is 1. The Bertz CT molecular complexity index is 666. The number of carbonyl (C=O) groups is 2. The van der Waals surface area contributed by atoms with Crippen molar-refractivity contribution in [3.05, 3.63) is 28.3 Å². The molecule has 142 valence electrons. The summed E-state index contributed by atoms with van der Waals surface area (Å²) in [6, 6.07) is 3.80. The number of benzene rings is 1. The third-order valence-corrected chi connectivity index (χ3v) is 5.27. The number of hydrogen-bond donors (Lipinski definition) is 2. The fraction of sp³-hybridized carbons (Fsp3) is 0.579. The molecule has 26 heavy (non-hydrogen) atoms. The summed E-state index contributed by atoms with van der Waals surface area (Å²) in [5.74, 6) is -0.670. The van der Waals surface area contributed by atoms with E-state index in [0.717, 1.165) is 44.0 Å². The Labute approximate surface area is 159 Å². The summed E-state index contributed by atoms with van der Waals surface area (Å²) in [7, 11) is 0. The van der Waals surface area contributed by atoms with Crippen LogP contribution < -0.4 is 10.6 Å². The lowest BCUT2D eigenvalue weighted by Crippen LogP contribution is -2.41. The second-order valence-electron chi connectivity index (χ2n) is 7.12. The highest BCUT2D eigenvalue weighted by Gasteiger charge is 2.48. The van der Waals surface area contributed by atoms with Crippen LogP contribution in [0.3, 0.4) is 0 Å². The van der Waals surface area contributed by atoms with Crippen molar-refractivity contribution in [1.82, 2.24) is 10.2 Å². The van der Waals surface area contributed by atoms with Gasteiger partial charge < -0.3 is 15.4 Å². The first-order valence-corrected chi connectivity index (χ1v) is 9.49. The van der Waals surface area contributed by atoms with E-state index in [0.29, 0.717) is 23.7 Å². The van der Waals surface area contributed by atoms with Crippen LogP contribution in [-0.2, 0) is 14.3 Å². The maximum absolute atomic E-state index is 12.4. The third-order valence-electron chi connectivity index (χ3n) is 4.97. The second kappa shape index (κ2) is 8.37. The molecule has 6 nitrogen and oxygen atoms in total. The summed E-state index contributed by atoms with van der Waals surface area (Å²) in [6.07, 6.45) is 0.595. The molecule has 3 rings (SSSR count). The van der Waals surface area contributed by atoms with Crippen molar-refractivity contribution in [2.75, 3.05) is 44.7 Å². The number of nitrogens with one attached hydrogen (secondary N) is 2. The molecule has 1 saturated carbocycles. The molecule has 1 aromatic rings. The zero-order valence-corrected chi connectivity index (χ0v) is 16.1. The van der Waals surface area contributed by atoms with Gasteiger partial charge in [-0.2, -0.15) is 0 Å². The molecular weight excluding hydrogens is 354 g/mol. The minimum atomic E-state index is -0.268. The van der Waals surface area contributed by atoms with Gasteiger partial charge in [0.15, 0.2) is 0 Å². The fourth-order valence-corrected chi connectivity index (χ4v) is 3.73. The quantitative estimate of drug-likeness (QED) is 0.792. The van der Waals surface area contributed by atoms with Crippen LogP contribution in [0.4, 0.5) is 5.69 Å². The summed E-state index contributed by atoms with van der Waals surface area (Å²) in [5.41, 5.74) is 2.62. The molecule has 2 amide bonds. The largest absolute Gasteiger partial charge is 0.379 e. The maximum Gasteiger partial charge on any atom is 0.228 e. The normalized spacial score (nSPS) is 22.7. The minimum Gasteiger partial charge on any atom is -0.379 e. The van der Waals surface area contributed by atoms with Crippen molar-refractivity contribution in [2.45, 2.75) is 20.3 Å². The van der Waals surface area contributed by atoms with E-state index in [-0.39, 0.29) is 23.7 Å². The first kappa shape index (κ1) is 19.1. The summed E-state index contributed by atoms with van der Waals surface area (Å²) < 4.78 is 5.30. The van der Waals surface area contributed by atoms with Gasteiger partial charge in [-0.05, 0) is 37.5 Å². The number of ether oxygens (including phenoxy) is 1. The number of rotatable bonds is 6. The first-order chi connectivity index (χ1) is 12.5. The topological polar surface area (TPSA) is 70.7 Å². The van der Waals surface area contributed by atoms with Gasteiger partial charge in [0.05, 0.1) is 35.8 Å². The molecule has 2 N–H and O–H groups in total. The standard InChI is InChI=1S/C19H26ClN3O3/c1-12-9-13(2)17(16(20)10-12)22-19(25)15-11-14(15)18(24)21-3-4-23-5-7-26-8-6-23/h9-10,14-15H,3-8,11H2,1-2H3,(H,21,24)(H,22,25). The molecule has 0 spiro atoms. The lowest BCUT2D eigenvalue weighted by atomic mass is 10.1. The second-order valence-corrected chi connectivity index (χ2v) is 7.53. The number of morpholine rings is 1. The van der Waals surface area contributed by atoms with Crippen LogP contribution in [0.1, 0.15) is 17.5 Å². The molecule has 1 aromatic carbocycles. The van der Waals surface area contributed by atoms with Crippen LogP contribution in [0.15, 0.2) is 12.1 Å². The summed E-state index contributed by atoms with van der Waals surface area (Å²) >= 11 is 6.24. The molecule has 1 heterocycles. The predicted molar refractivity (Wildman–Crippen MR) is 101 cm³/mol. The summed E-state index contributed by atoms with van der Waals surface area (Å²) in [5, 5.41) is 6.36. The lowest BCUT2D eigenvalue weighted by Gasteiger charge is -2.26. The van der Waals surface area contributed by atoms with Crippen molar-refractivity contribution < 1.29 is 14.3 Å². The zero-order chi connectivity index (χ0) is 18.7.